The number of hydrogen-bond donors (Lipinski definition) is 0. The van der Waals surface area contributed by atoms with Crippen LogP contribution in [0.25, 0.3) is 55.0 Å². The standard InChI is InChI=1S/C48H30N6/c1-3-13-33(14-4-1)53-41-21-9-7-17-35(41)37-25-23-31(29-43(37)53)45-47-39(19-11-27-49-47)52-46(48-40(51-45)20-12-28-50-48)32-24-26-38-36-18-8-10-22-42(36)54(44(38)30-32)34-15-5-2-6-16-34/h1-30H. The van der Waals surface area contributed by atoms with Gasteiger partial charge in [0.05, 0.1) is 44.9 Å². The Morgan fingerprint density at radius 1 is 0.333 bits per heavy atom. The van der Waals surface area contributed by atoms with Gasteiger partial charge in [-0.2, -0.15) is 0 Å². The van der Waals surface area contributed by atoms with Crippen LogP contribution < -0.4 is 0 Å². The van der Waals surface area contributed by atoms with Gasteiger partial charge in [0.25, 0.3) is 0 Å². The van der Waals surface area contributed by atoms with Crippen LogP contribution in [0.4, 0.5) is 11.4 Å². The van der Waals surface area contributed by atoms with E-state index in [1.54, 1.807) is 0 Å². The predicted molar refractivity (Wildman–Crippen MR) is 221 cm³/mol. The molecule has 0 unspecified atom stereocenters. The molecule has 252 valence electrons. The average molecular weight is 691 g/mol. The summed E-state index contributed by atoms with van der Waals surface area (Å²) in [7, 11) is 0. The lowest BCUT2D eigenvalue weighted by Gasteiger charge is -2.17. The smallest absolute Gasteiger partial charge is 0.115 e. The van der Waals surface area contributed by atoms with Crippen LogP contribution in [0.1, 0.15) is 22.5 Å². The zero-order chi connectivity index (χ0) is 35.6. The van der Waals surface area contributed by atoms with Gasteiger partial charge in [0, 0.05) is 56.4 Å². The summed E-state index contributed by atoms with van der Waals surface area (Å²) in [4.78, 5) is 20.7. The lowest BCUT2D eigenvalue weighted by molar-refractivity contribution is 1.18. The normalized spacial score (nSPS) is 12.7. The lowest BCUT2D eigenvalue weighted by Crippen LogP contribution is -2.13. The van der Waals surface area contributed by atoms with Crippen molar-refractivity contribution in [3.05, 3.63) is 205 Å². The summed E-state index contributed by atoms with van der Waals surface area (Å²) >= 11 is 0. The number of aromatic nitrogens is 4. The van der Waals surface area contributed by atoms with Crippen LogP contribution in [0.3, 0.4) is 0 Å². The number of hydrogen-bond acceptors (Lipinski definition) is 4. The maximum Gasteiger partial charge on any atom is 0.115 e. The van der Waals surface area contributed by atoms with E-state index in [0.717, 1.165) is 67.4 Å². The van der Waals surface area contributed by atoms with Crippen LogP contribution in [-0.4, -0.2) is 30.5 Å². The van der Waals surface area contributed by atoms with Crippen molar-refractivity contribution in [3.63, 3.8) is 0 Å². The molecule has 0 saturated carbocycles. The Kier molecular flexibility index (Phi) is 6.75. The highest BCUT2D eigenvalue weighted by Gasteiger charge is 2.24. The summed E-state index contributed by atoms with van der Waals surface area (Å²) in [6.45, 7) is 0. The van der Waals surface area contributed by atoms with Gasteiger partial charge in [0.2, 0.25) is 0 Å². The molecule has 0 atom stereocenters. The molecule has 4 aromatic heterocycles. The molecule has 0 spiro atoms. The molecule has 6 heteroatoms. The van der Waals surface area contributed by atoms with Crippen LogP contribution in [0, 0.1) is 0 Å². The van der Waals surface area contributed by atoms with Crippen molar-refractivity contribution in [1.29, 1.82) is 0 Å². The van der Waals surface area contributed by atoms with Gasteiger partial charge in [0.15, 0.2) is 0 Å². The monoisotopic (exact) mass is 690 g/mol. The van der Waals surface area contributed by atoms with Crippen molar-refractivity contribution < 1.29 is 0 Å². The lowest BCUT2D eigenvalue weighted by atomic mass is 9.99. The maximum absolute atomic E-state index is 5.41. The second-order valence-corrected chi connectivity index (χ2v) is 13.5. The molecule has 5 heterocycles. The molecule has 11 rings (SSSR count). The zero-order valence-corrected chi connectivity index (χ0v) is 29.0. The molecule has 1 aliphatic rings. The first-order chi connectivity index (χ1) is 26.8. The van der Waals surface area contributed by atoms with Gasteiger partial charge in [-0.1, -0.05) is 97.1 Å². The van der Waals surface area contributed by atoms with E-state index in [0.29, 0.717) is 11.4 Å². The molecule has 0 aliphatic carbocycles. The van der Waals surface area contributed by atoms with E-state index >= 15 is 0 Å². The first-order valence-electron chi connectivity index (χ1n) is 18.1. The highest BCUT2D eigenvalue weighted by molar-refractivity contribution is 6.23. The van der Waals surface area contributed by atoms with Gasteiger partial charge in [-0.05, 0) is 72.8 Å². The average Bonchev–Trinajstić information content (AvgIpc) is 3.74. The third-order valence-electron chi connectivity index (χ3n) is 10.4. The number of para-hydroxylation sites is 4. The summed E-state index contributed by atoms with van der Waals surface area (Å²) in [5.41, 5.74) is 13.0. The summed E-state index contributed by atoms with van der Waals surface area (Å²) in [5, 5.41) is 4.76. The van der Waals surface area contributed by atoms with Crippen LogP contribution in [-0.2, 0) is 0 Å². The van der Waals surface area contributed by atoms with Crippen LogP contribution in [0.2, 0.25) is 0 Å². The fourth-order valence-electron chi connectivity index (χ4n) is 8.03. The third kappa shape index (κ3) is 4.67. The second-order valence-electron chi connectivity index (χ2n) is 13.5. The molecule has 0 amide bonds. The topological polar surface area (TPSA) is 60.4 Å². The van der Waals surface area contributed by atoms with Gasteiger partial charge in [-0.3, -0.25) is 9.97 Å². The largest absolute Gasteiger partial charge is 0.309 e. The van der Waals surface area contributed by atoms with Crippen LogP contribution in [0.5, 0.6) is 0 Å². The van der Waals surface area contributed by atoms with Gasteiger partial charge in [-0.25, -0.2) is 9.98 Å². The van der Waals surface area contributed by atoms with Crippen molar-refractivity contribution in [2.75, 3.05) is 0 Å². The van der Waals surface area contributed by atoms with Crippen molar-refractivity contribution in [2.24, 2.45) is 9.98 Å². The molecular formula is C48H30N6. The fourth-order valence-corrected chi connectivity index (χ4v) is 8.03. The van der Waals surface area contributed by atoms with Crippen molar-refractivity contribution >= 4 is 66.4 Å². The van der Waals surface area contributed by atoms with Crippen LogP contribution in [0.15, 0.2) is 192 Å². The van der Waals surface area contributed by atoms with Crippen LogP contribution >= 0.6 is 0 Å². The van der Waals surface area contributed by atoms with Gasteiger partial charge >= 0.3 is 0 Å². The number of benzene rings is 6. The molecule has 10 aromatic rings. The first-order valence-corrected chi connectivity index (χ1v) is 18.1. The summed E-state index contributed by atoms with van der Waals surface area (Å²) in [6.07, 6.45) is 3.64. The molecule has 0 radical (unpaired) electrons. The third-order valence-corrected chi connectivity index (χ3v) is 10.4. The fraction of sp³-hybridized carbons (Fsp3) is 0. The first kappa shape index (κ1) is 30.2. The Morgan fingerprint density at radius 3 is 1.20 bits per heavy atom. The van der Waals surface area contributed by atoms with E-state index in [2.05, 4.69) is 155 Å². The maximum atomic E-state index is 5.41. The number of aliphatic imine (C=N–C) groups is 2. The Balaban J connectivity index is 1.13. The summed E-state index contributed by atoms with van der Waals surface area (Å²) < 4.78 is 4.65. The SMILES string of the molecule is c1ccc(-n2c3ccccc3c3ccc(C4=Nc5cccnc5C(c5ccc6c7ccccc7n(-c7ccccc7)c6c5)=Nc5cccnc54)cc32)cc1. The summed E-state index contributed by atoms with van der Waals surface area (Å²) in [6, 6.07) is 59.3. The minimum absolute atomic E-state index is 0.714. The Morgan fingerprint density at radius 2 is 0.741 bits per heavy atom. The van der Waals surface area contributed by atoms with Crippen molar-refractivity contribution in [2.45, 2.75) is 0 Å². The van der Waals surface area contributed by atoms with E-state index < -0.39 is 0 Å². The number of rotatable bonds is 4. The van der Waals surface area contributed by atoms with Crippen molar-refractivity contribution in [3.8, 4) is 11.4 Å². The molecule has 54 heavy (non-hydrogen) atoms. The van der Waals surface area contributed by atoms with Gasteiger partial charge in [0.1, 0.15) is 11.4 Å². The Bertz CT molecular complexity index is 2940. The molecule has 0 bridgehead atoms. The number of pyridine rings is 2. The molecule has 0 saturated heterocycles. The molecule has 0 fully saturated rings. The van der Waals surface area contributed by atoms with Gasteiger partial charge in [-0.15, -0.1) is 0 Å². The van der Waals surface area contributed by atoms with E-state index in [-0.39, 0.29) is 0 Å². The summed E-state index contributed by atoms with van der Waals surface area (Å²) in [5.74, 6) is 0. The van der Waals surface area contributed by atoms with E-state index in [4.69, 9.17) is 20.0 Å². The Hall–Kier alpha value is -7.44. The Labute approximate surface area is 310 Å². The quantitative estimate of drug-likeness (QED) is 0.185. The van der Waals surface area contributed by atoms with E-state index in [1.165, 1.54) is 21.5 Å². The molecule has 1 aliphatic heterocycles. The van der Waals surface area contributed by atoms with E-state index in [9.17, 15) is 0 Å². The number of nitrogens with zero attached hydrogens (tertiary/aromatic N) is 6. The second kappa shape index (κ2) is 12.1. The highest BCUT2D eigenvalue weighted by Crippen LogP contribution is 2.37. The highest BCUT2D eigenvalue weighted by atomic mass is 15.0. The minimum Gasteiger partial charge on any atom is -0.309 e. The zero-order valence-electron chi connectivity index (χ0n) is 29.0. The molecule has 6 aromatic carbocycles. The molecule has 0 N–H and O–H groups in total. The molecule has 6 nitrogen and oxygen atoms in total. The minimum atomic E-state index is 0.714. The van der Waals surface area contributed by atoms with E-state index in [1.807, 2.05) is 36.7 Å². The molecular weight excluding hydrogens is 661 g/mol. The van der Waals surface area contributed by atoms with Gasteiger partial charge < -0.3 is 9.13 Å². The van der Waals surface area contributed by atoms with Crippen molar-refractivity contribution in [1.82, 2.24) is 19.1 Å². The predicted octanol–water partition coefficient (Wildman–Crippen LogP) is 11.3. The number of fused-ring (bicyclic) bond motifs is 8.